The molecular formula is C2N2O2. The zero-order valence-electron chi connectivity index (χ0n) is 2.71. The van der Waals surface area contributed by atoms with E-state index in [1.54, 1.807) is 0 Å². The molecule has 0 amide bonds. The van der Waals surface area contributed by atoms with Crippen LogP contribution in [0.3, 0.4) is 0 Å². The van der Waals surface area contributed by atoms with E-state index in [9.17, 15) is 0 Å². The maximum Gasteiger partial charge on any atom is 0.384 e. The normalized spacial score (nSPS) is 12.7. The second kappa shape index (κ2) is 0.426. The van der Waals surface area contributed by atoms with Gasteiger partial charge in [-0.3, -0.25) is 4.52 Å². The van der Waals surface area contributed by atoms with Gasteiger partial charge in [0, 0.05) is 5.27 Å². The molecule has 0 aromatic carbocycles. The van der Waals surface area contributed by atoms with E-state index in [0.29, 0.717) is 11.8 Å². The van der Waals surface area contributed by atoms with E-state index in [4.69, 9.17) is 0 Å². The van der Waals surface area contributed by atoms with Crippen LogP contribution in [0.25, 0.3) is 0 Å². The molecule has 2 heterocycles. The van der Waals surface area contributed by atoms with E-state index < -0.39 is 0 Å². The predicted molar refractivity (Wildman–Crippen MR) is 14.4 cm³/mol. The number of rotatable bonds is 0. The molecule has 2 rings (SSSR count). The van der Waals surface area contributed by atoms with E-state index in [2.05, 4.69) is 19.6 Å². The summed E-state index contributed by atoms with van der Waals surface area (Å²) in [4.78, 5) is 0. The zero-order chi connectivity index (χ0) is 3.98. The summed E-state index contributed by atoms with van der Waals surface area (Å²) in [6, 6.07) is 0. The number of aromatic nitrogens is 2. The molecule has 1 aliphatic heterocycles. The molecule has 0 radical (unpaired) electrons. The lowest BCUT2D eigenvalue weighted by Gasteiger charge is -1.60. The average Bonchev–Trinajstić information content (AvgIpc) is 2.17. The molecule has 0 bridgehead atoms. The lowest BCUT2D eigenvalue weighted by molar-refractivity contribution is 0.317. The Bertz CT molecular complexity index is 153. The van der Waals surface area contributed by atoms with E-state index in [0.717, 1.165) is 0 Å². The van der Waals surface area contributed by atoms with Crippen molar-refractivity contribution in [2.45, 2.75) is 0 Å². The van der Waals surface area contributed by atoms with Crippen LogP contribution in [0.1, 0.15) is 0 Å². The number of hydrogen-bond acceptors (Lipinski definition) is 4. The van der Waals surface area contributed by atoms with Gasteiger partial charge in [0.05, 0.1) is 0 Å². The Kier molecular flexibility index (Phi) is 0.154. The number of fused-ring (bicyclic) bond motifs is 1. The first kappa shape index (κ1) is 2.17. The summed E-state index contributed by atoms with van der Waals surface area (Å²) < 4.78 is 8.85. The first-order chi connectivity index (χ1) is 2.97. The van der Waals surface area contributed by atoms with Crippen molar-refractivity contribution in [3.05, 3.63) is 0 Å². The lowest BCUT2D eigenvalue weighted by atomic mass is 11.0. The topological polar surface area (TPSA) is 51.5 Å². The molecule has 0 fully saturated rings. The Labute approximate surface area is 32.7 Å². The predicted octanol–water partition coefficient (Wildman–Crippen LogP) is 0.175. The average molecular weight is 84.0 g/mol. The molecule has 6 heavy (non-hydrogen) atoms. The van der Waals surface area contributed by atoms with Crippen molar-refractivity contribution in [1.29, 1.82) is 0 Å². The van der Waals surface area contributed by atoms with Crippen molar-refractivity contribution < 1.29 is 9.26 Å². The Morgan fingerprint density at radius 3 is 2.67 bits per heavy atom. The van der Waals surface area contributed by atoms with E-state index in [-0.39, 0.29) is 0 Å². The summed E-state index contributed by atoms with van der Waals surface area (Å²) in [5, 5.41) is 6.51. The monoisotopic (exact) mass is 84.0 g/mol. The van der Waals surface area contributed by atoms with Gasteiger partial charge in [0.2, 0.25) is 0 Å². The molecule has 30 valence electrons. The Hall–Kier alpha value is -1.06. The van der Waals surface area contributed by atoms with Gasteiger partial charge in [-0.15, -0.1) is 0 Å². The van der Waals surface area contributed by atoms with Gasteiger partial charge in [-0.25, -0.2) is 0 Å². The summed E-state index contributed by atoms with van der Waals surface area (Å²) in [5.41, 5.74) is 0. The molecule has 1 aromatic heterocycles. The highest BCUT2D eigenvalue weighted by molar-refractivity contribution is 5.36. The fourth-order valence-corrected chi connectivity index (χ4v) is 0.276. The highest BCUT2D eigenvalue weighted by Crippen LogP contribution is 2.41. The molecule has 0 saturated heterocycles. The SMILES string of the molecule is n1nc2c(o1)O2. The Morgan fingerprint density at radius 1 is 1.50 bits per heavy atom. The molecule has 0 N–H and O–H groups in total. The van der Waals surface area contributed by atoms with Crippen LogP contribution in [0.5, 0.6) is 11.8 Å². The molecule has 0 atom stereocenters. The fraction of sp³-hybridized carbons (Fsp3) is 0. The molecule has 4 nitrogen and oxygen atoms in total. The zero-order valence-corrected chi connectivity index (χ0v) is 2.71. The van der Waals surface area contributed by atoms with Crippen molar-refractivity contribution in [1.82, 2.24) is 10.4 Å². The smallest absolute Gasteiger partial charge is 0.384 e. The van der Waals surface area contributed by atoms with Crippen LogP contribution in [0, 0.1) is 0 Å². The number of ether oxygens (including phenoxy) is 1. The molecule has 0 spiro atoms. The first-order valence-corrected chi connectivity index (χ1v) is 1.47. The summed E-state index contributed by atoms with van der Waals surface area (Å²) >= 11 is 0. The van der Waals surface area contributed by atoms with Crippen molar-refractivity contribution in [3.8, 4) is 11.8 Å². The summed E-state index contributed by atoms with van der Waals surface area (Å²) in [6.45, 7) is 0. The van der Waals surface area contributed by atoms with Crippen LogP contribution in [0.2, 0.25) is 0 Å². The van der Waals surface area contributed by atoms with Gasteiger partial charge in [0.1, 0.15) is 0 Å². The second-order valence-corrected chi connectivity index (χ2v) is 0.968. The Balaban J connectivity index is 2.88. The van der Waals surface area contributed by atoms with Crippen LogP contribution < -0.4 is 4.74 Å². The van der Waals surface area contributed by atoms with Crippen LogP contribution >= 0.6 is 0 Å². The number of nitrogens with zero attached hydrogens (tertiary/aromatic N) is 2. The minimum Gasteiger partial charge on any atom is -0.393 e. The first-order valence-electron chi connectivity index (χ1n) is 1.47. The van der Waals surface area contributed by atoms with Gasteiger partial charge in [-0.05, 0) is 0 Å². The molecule has 4 heteroatoms. The third-order valence-electron chi connectivity index (χ3n) is 0.578. The highest BCUT2D eigenvalue weighted by Gasteiger charge is 2.28. The summed E-state index contributed by atoms with van der Waals surface area (Å²) in [6.07, 6.45) is 0. The van der Waals surface area contributed by atoms with E-state index in [1.165, 1.54) is 0 Å². The minimum absolute atomic E-state index is 0.454. The van der Waals surface area contributed by atoms with Crippen molar-refractivity contribution in [3.63, 3.8) is 0 Å². The maximum absolute atomic E-state index is 4.50. The van der Waals surface area contributed by atoms with Crippen LogP contribution in [0.4, 0.5) is 0 Å². The van der Waals surface area contributed by atoms with Gasteiger partial charge in [0.25, 0.3) is 0 Å². The molecule has 1 aliphatic rings. The standard InChI is InChI=1S/C2N2O2/c3-1-2(5-1)6-4-3. The van der Waals surface area contributed by atoms with E-state index in [1.807, 2.05) is 0 Å². The van der Waals surface area contributed by atoms with Gasteiger partial charge < -0.3 is 4.74 Å². The summed E-state index contributed by atoms with van der Waals surface area (Å²) in [7, 11) is 0. The third-order valence-corrected chi connectivity index (χ3v) is 0.578. The summed E-state index contributed by atoms with van der Waals surface area (Å²) in [5.74, 6) is 0.977. The largest absolute Gasteiger partial charge is 0.393 e. The maximum atomic E-state index is 4.50. The highest BCUT2D eigenvalue weighted by atomic mass is 16.7. The van der Waals surface area contributed by atoms with Gasteiger partial charge in [-0.1, -0.05) is 5.10 Å². The lowest BCUT2D eigenvalue weighted by Crippen LogP contribution is -1.64. The molecule has 1 aromatic rings. The van der Waals surface area contributed by atoms with Gasteiger partial charge >= 0.3 is 11.8 Å². The quantitative estimate of drug-likeness (QED) is 0.427. The Morgan fingerprint density at radius 2 is 2.50 bits per heavy atom. The van der Waals surface area contributed by atoms with Crippen molar-refractivity contribution in [2.24, 2.45) is 0 Å². The van der Waals surface area contributed by atoms with E-state index >= 15 is 0 Å². The van der Waals surface area contributed by atoms with Gasteiger partial charge in [0.15, 0.2) is 0 Å². The number of hydrogen-bond donors (Lipinski definition) is 0. The molecule has 0 aliphatic carbocycles. The molecule has 0 unspecified atom stereocenters. The fourth-order valence-electron chi connectivity index (χ4n) is 0.276. The molecular weight excluding hydrogens is 84.0 g/mol. The third kappa shape index (κ3) is 0.0925. The molecule has 0 saturated carbocycles. The van der Waals surface area contributed by atoms with Crippen LogP contribution in [0.15, 0.2) is 4.52 Å². The van der Waals surface area contributed by atoms with Crippen LogP contribution in [-0.4, -0.2) is 10.4 Å². The van der Waals surface area contributed by atoms with Crippen LogP contribution in [-0.2, 0) is 0 Å². The van der Waals surface area contributed by atoms with Gasteiger partial charge in [-0.2, -0.15) is 0 Å². The van der Waals surface area contributed by atoms with Crippen molar-refractivity contribution in [2.75, 3.05) is 0 Å². The second-order valence-electron chi connectivity index (χ2n) is 0.968. The van der Waals surface area contributed by atoms with Crippen molar-refractivity contribution >= 4 is 0 Å². The minimum atomic E-state index is 0.454.